The minimum Gasteiger partial charge on any atom is -0.350 e. The lowest BCUT2D eigenvalue weighted by Crippen LogP contribution is -2.55. The molecule has 1 aliphatic rings. The molecule has 6 rings (SSSR count). The van der Waals surface area contributed by atoms with E-state index in [-0.39, 0.29) is 43.7 Å². The van der Waals surface area contributed by atoms with Gasteiger partial charge in [0.15, 0.2) is 11.6 Å². The maximum Gasteiger partial charge on any atom is 0.329 e. The fraction of sp³-hybridized carbons (Fsp3) is 0.317. The Hall–Kier alpha value is -5.28. The maximum atomic E-state index is 14.2. The summed E-state index contributed by atoms with van der Waals surface area (Å²) in [5.74, 6) is -3.42. The van der Waals surface area contributed by atoms with Crippen molar-refractivity contribution in [1.29, 1.82) is 0 Å². The van der Waals surface area contributed by atoms with Crippen LogP contribution in [0.4, 0.5) is 19.3 Å². The Labute approximate surface area is 338 Å². The van der Waals surface area contributed by atoms with Gasteiger partial charge in [0.25, 0.3) is 0 Å². The summed E-state index contributed by atoms with van der Waals surface area (Å²) in [5.41, 5.74) is 8.64. The first-order valence-corrected chi connectivity index (χ1v) is 19.5. The zero-order valence-corrected chi connectivity index (χ0v) is 32.6. The van der Waals surface area contributed by atoms with Gasteiger partial charge in [-0.25, -0.2) is 18.4 Å². The monoisotopic (exact) mass is 820 g/mol. The van der Waals surface area contributed by atoms with Gasteiger partial charge in [0.2, 0.25) is 11.8 Å². The third-order valence-electron chi connectivity index (χ3n) is 9.94. The van der Waals surface area contributed by atoms with Crippen LogP contribution in [-0.4, -0.2) is 70.1 Å². The van der Waals surface area contributed by atoms with E-state index < -0.39 is 41.6 Å². The van der Waals surface area contributed by atoms with E-state index >= 15 is 0 Å². The molecule has 1 aromatic heterocycles. The van der Waals surface area contributed by atoms with Gasteiger partial charge in [-0.15, -0.1) is 0 Å². The second-order valence-corrected chi connectivity index (χ2v) is 14.7. The van der Waals surface area contributed by atoms with Crippen LogP contribution in [0.2, 0.25) is 10.0 Å². The number of amides is 4. The van der Waals surface area contributed by atoms with E-state index in [1.165, 1.54) is 6.07 Å². The van der Waals surface area contributed by atoms with E-state index in [0.29, 0.717) is 45.4 Å². The fourth-order valence-corrected chi connectivity index (χ4v) is 7.43. The number of carbonyl (C=O) groups is 3. The van der Waals surface area contributed by atoms with E-state index in [1.54, 1.807) is 45.5 Å². The number of fused-ring (bicyclic) bond motifs is 1. The Kier molecular flexibility index (Phi) is 14.0. The highest BCUT2D eigenvalue weighted by atomic mass is 35.5. The number of nitrogens with two attached hydrogens (primary N) is 1. The van der Waals surface area contributed by atoms with Crippen molar-refractivity contribution in [2.75, 3.05) is 31.5 Å². The molecule has 57 heavy (non-hydrogen) atoms. The summed E-state index contributed by atoms with van der Waals surface area (Å²) in [5, 5.41) is 11.7. The van der Waals surface area contributed by atoms with Crippen molar-refractivity contribution in [2.45, 2.75) is 57.4 Å². The molecule has 2 heterocycles. The molecule has 300 valence electrons. The molecule has 1 fully saturated rings. The Morgan fingerprint density at radius 3 is 2.19 bits per heavy atom. The molecular weight excluding hydrogens is 777 g/mol. The molecule has 4 aromatic carbocycles. The van der Waals surface area contributed by atoms with Crippen LogP contribution in [0.25, 0.3) is 11.0 Å². The van der Waals surface area contributed by atoms with E-state index in [2.05, 4.69) is 26.2 Å². The summed E-state index contributed by atoms with van der Waals surface area (Å²) in [7, 11) is 0. The molecule has 12 nitrogen and oxygen atoms in total. The van der Waals surface area contributed by atoms with Crippen LogP contribution in [0.15, 0.2) is 89.7 Å². The highest BCUT2D eigenvalue weighted by Crippen LogP contribution is 2.27. The summed E-state index contributed by atoms with van der Waals surface area (Å²) < 4.78 is 31.3. The topological polar surface area (TPSA) is 156 Å². The number of aromatic nitrogens is 2. The molecule has 5 aromatic rings. The summed E-state index contributed by atoms with van der Waals surface area (Å²) in [6, 6.07) is 19.3. The summed E-state index contributed by atoms with van der Waals surface area (Å²) >= 11 is 13.0. The van der Waals surface area contributed by atoms with Crippen molar-refractivity contribution in [3.05, 3.63) is 134 Å². The molecule has 0 saturated carbocycles. The van der Waals surface area contributed by atoms with Gasteiger partial charge in [-0.05, 0) is 92.5 Å². The zero-order valence-electron chi connectivity index (χ0n) is 31.1. The molecule has 1 aliphatic heterocycles. The number of anilines is 1. The Bertz CT molecular complexity index is 2260. The van der Waals surface area contributed by atoms with Crippen molar-refractivity contribution in [3.8, 4) is 0 Å². The second kappa shape index (κ2) is 19.2. The van der Waals surface area contributed by atoms with Gasteiger partial charge in [-0.2, -0.15) is 0 Å². The second-order valence-electron chi connectivity index (χ2n) is 13.9. The summed E-state index contributed by atoms with van der Waals surface area (Å²) in [6.45, 7) is 3.34. The van der Waals surface area contributed by atoms with Crippen LogP contribution in [0.3, 0.4) is 0 Å². The van der Waals surface area contributed by atoms with Crippen molar-refractivity contribution in [3.63, 3.8) is 0 Å². The predicted octanol–water partition coefficient (Wildman–Crippen LogP) is 5.41. The van der Waals surface area contributed by atoms with Gasteiger partial charge >= 0.3 is 11.7 Å². The average molecular weight is 822 g/mol. The number of benzene rings is 4. The van der Waals surface area contributed by atoms with Crippen molar-refractivity contribution < 1.29 is 23.2 Å². The first-order valence-electron chi connectivity index (χ1n) is 18.7. The van der Waals surface area contributed by atoms with Gasteiger partial charge < -0.3 is 31.9 Å². The number of nitrogens with zero attached hydrogens (tertiary/aromatic N) is 3. The van der Waals surface area contributed by atoms with Crippen molar-refractivity contribution in [2.24, 2.45) is 5.73 Å². The molecule has 6 N–H and O–H groups in total. The number of urea groups is 1. The van der Waals surface area contributed by atoms with Gasteiger partial charge in [0.1, 0.15) is 12.1 Å². The quantitative estimate of drug-likeness (QED) is 0.0897. The van der Waals surface area contributed by atoms with Gasteiger partial charge in [0, 0.05) is 47.4 Å². The minimum absolute atomic E-state index is 0.0736. The molecular formula is C41H44Cl2F2N8O4. The maximum absolute atomic E-state index is 14.2. The standard InChI is InChI=1S/C41H44Cl2F2N8O4/c42-30-9-6-10-31(43)29(30)25-53-36-14-12-28(23-37(36)52(41(53)57)20-19-51-17-4-5-18-51)48-40(56)50-35(22-27-11-13-32(44)33(45)21-27)39(55)49-34(15-16-46)38(54)47-24-26-7-2-1-3-8-26/h1-3,6-14,21,23,34-35H,4-5,15-20,22,24-25,46H2,(H,47,54)(H,49,55)(H2,48,50,56)/t34-,35-/m0/s1. The van der Waals surface area contributed by atoms with Crippen LogP contribution in [-0.2, 0) is 35.6 Å². The number of hydrogen-bond acceptors (Lipinski definition) is 6. The Morgan fingerprint density at radius 2 is 1.49 bits per heavy atom. The Balaban J connectivity index is 1.23. The van der Waals surface area contributed by atoms with Crippen LogP contribution in [0, 0.1) is 11.6 Å². The molecule has 0 spiro atoms. The SMILES string of the molecule is NCC[C@H](NC(=O)[C@H](Cc1ccc(F)c(F)c1)NC(=O)Nc1ccc2c(c1)n(CCN1CCCC1)c(=O)n2Cc1c(Cl)cccc1Cl)C(=O)NCc1ccccc1. The first-order chi connectivity index (χ1) is 27.5. The Morgan fingerprint density at radius 1 is 0.754 bits per heavy atom. The first kappa shape index (κ1) is 41.4. The fourth-order valence-electron chi connectivity index (χ4n) is 6.91. The number of hydrogen-bond donors (Lipinski definition) is 5. The number of rotatable bonds is 16. The number of halogens is 4. The van der Waals surface area contributed by atoms with E-state index in [9.17, 15) is 28.0 Å². The molecule has 1 saturated heterocycles. The van der Waals surface area contributed by atoms with Crippen LogP contribution in [0.5, 0.6) is 0 Å². The number of carbonyl (C=O) groups excluding carboxylic acids is 3. The molecule has 4 amide bonds. The number of imidazole rings is 1. The third kappa shape index (κ3) is 10.6. The smallest absolute Gasteiger partial charge is 0.329 e. The molecule has 0 aliphatic carbocycles. The number of nitrogens with one attached hydrogen (secondary N) is 4. The minimum atomic E-state index is -1.33. The van der Waals surface area contributed by atoms with E-state index in [1.807, 2.05) is 30.3 Å². The van der Waals surface area contributed by atoms with Crippen LogP contribution in [0.1, 0.15) is 36.0 Å². The molecule has 0 unspecified atom stereocenters. The highest BCUT2D eigenvalue weighted by molar-refractivity contribution is 6.36. The van der Waals surface area contributed by atoms with Crippen molar-refractivity contribution in [1.82, 2.24) is 30.0 Å². The molecule has 2 atom stereocenters. The lowest BCUT2D eigenvalue weighted by Gasteiger charge is -2.23. The van der Waals surface area contributed by atoms with E-state index in [4.69, 9.17) is 28.9 Å². The van der Waals surface area contributed by atoms with Crippen LogP contribution < -0.4 is 32.7 Å². The largest absolute Gasteiger partial charge is 0.350 e. The molecule has 0 radical (unpaired) electrons. The van der Waals surface area contributed by atoms with Crippen LogP contribution >= 0.6 is 23.2 Å². The molecule has 0 bridgehead atoms. The zero-order chi connectivity index (χ0) is 40.5. The predicted molar refractivity (Wildman–Crippen MR) is 217 cm³/mol. The lowest BCUT2D eigenvalue weighted by atomic mass is 10.0. The van der Waals surface area contributed by atoms with Gasteiger partial charge in [-0.1, -0.05) is 65.7 Å². The number of likely N-dealkylation sites (tertiary alicyclic amines) is 1. The molecule has 16 heteroatoms. The average Bonchev–Trinajstić information content (AvgIpc) is 3.81. The normalized spacial score (nSPS) is 14.0. The summed E-state index contributed by atoms with van der Waals surface area (Å²) in [4.78, 5) is 56.8. The lowest BCUT2D eigenvalue weighted by molar-refractivity contribution is -0.130. The van der Waals surface area contributed by atoms with Crippen molar-refractivity contribution >= 4 is 57.8 Å². The van der Waals surface area contributed by atoms with Gasteiger partial charge in [-0.3, -0.25) is 18.7 Å². The van der Waals surface area contributed by atoms with E-state index in [0.717, 1.165) is 43.6 Å². The van der Waals surface area contributed by atoms with Gasteiger partial charge in [0.05, 0.1) is 17.6 Å². The third-order valence-corrected chi connectivity index (χ3v) is 10.6. The summed E-state index contributed by atoms with van der Waals surface area (Å²) in [6.07, 6.45) is 2.04. The highest BCUT2D eigenvalue weighted by Gasteiger charge is 2.28.